The highest BCUT2D eigenvalue weighted by Crippen LogP contribution is 2.54. The molecule has 1 unspecified atom stereocenters. The number of ketones is 2. The van der Waals surface area contributed by atoms with Crippen LogP contribution in [-0.2, 0) is 22.4 Å². The van der Waals surface area contributed by atoms with Crippen molar-refractivity contribution < 1.29 is 14.3 Å². The number of imidazole rings is 1. The fourth-order valence-electron chi connectivity index (χ4n) is 5.70. The quantitative estimate of drug-likeness (QED) is 0.332. The summed E-state index contributed by atoms with van der Waals surface area (Å²) in [6, 6.07) is 10.2. The smallest absolute Gasteiger partial charge is 0.251 e. The molecule has 1 aromatic carbocycles. The minimum Gasteiger partial charge on any atom is -0.385 e. The normalized spacial score (nSPS) is 16.5. The third-order valence-electron chi connectivity index (χ3n) is 7.93. The van der Waals surface area contributed by atoms with Crippen LogP contribution in [0.15, 0.2) is 66.0 Å². The van der Waals surface area contributed by atoms with E-state index in [4.69, 9.17) is 16.3 Å². The third kappa shape index (κ3) is 4.61. The number of Topliss-reactive ketones (excluding diaryl/α,β-unsaturated/α-hetero) is 2. The predicted octanol–water partition coefficient (Wildman–Crippen LogP) is 5.11. The Morgan fingerprint density at radius 1 is 1.08 bits per heavy atom. The Bertz CT molecular complexity index is 1630. The number of hydrogen-bond acceptors (Lipinski definition) is 5. The van der Waals surface area contributed by atoms with E-state index in [1.54, 1.807) is 19.5 Å². The van der Waals surface area contributed by atoms with Crippen LogP contribution in [0.4, 0.5) is 0 Å². The molecule has 1 spiro atoms. The Balaban J connectivity index is 1.42. The summed E-state index contributed by atoms with van der Waals surface area (Å²) in [7, 11) is 1.57. The number of aromatic nitrogens is 3. The molecule has 3 aromatic heterocycles. The van der Waals surface area contributed by atoms with Crippen molar-refractivity contribution in [3.63, 3.8) is 0 Å². The summed E-state index contributed by atoms with van der Waals surface area (Å²) in [5, 5.41) is 0.555. The molecule has 3 heterocycles. The van der Waals surface area contributed by atoms with Crippen molar-refractivity contribution in [3.05, 3.63) is 93.3 Å². The van der Waals surface area contributed by atoms with Crippen LogP contribution in [0.25, 0.3) is 16.8 Å². The minimum atomic E-state index is -0.766. The summed E-state index contributed by atoms with van der Waals surface area (Å²) < 4.78 is 8.58. The second-order valence-corrected chi connectivity index (χ2v) is 11.0. The van der Waals surface area contributed by atoms with Crippen molar-refractivity contribution in [2.24, 2.45) is 5.41 Å². The lowest BCUT2D eigenvalue weighted by Crippen LogP contribution is -2.32. The Morgan fingerprint density at radius 2 is 1.92 bits per heavy atom. The molecule has 2 aliphatic rings. The number of carbonyl (C=O) groups is 2. The number of pyridine rings is 2. The van der Waals surface area contributed by atoms with E-state index in [1.165, 1.54) is 10.6 Å². The van der Waals surface area contributed by atoms with Crippen molar-refractivity contribution in [1.82, 2.24) is 14.0 Å². The molecule has 0 aliphatic heterocycles. The summed E-state index contributed by atoms with van der Waals surface area (Å²) in [5.41, 5.74) is 4.23. The molecule has 194 valence electrons. The zero-order valence-corrected chi connectivity index (χ0v) is 21.9. The second-order valence-electron chi connectivity index (χ2n) is 10.6. The molecule has 4 aromatic rings. The lowest BCUT2D eigenvalue weighted by molar-refractivity contribution is -0.122. The molecule has 1 fully saturated rings. The van der Waals surface area contributed by atoms with Gasteiger partial charge in [0.1, 0.15) is 5.65 Å². The first kappa shape index (κ1) is 24.8. The van der Waals surface area contributed by atoms with E-state index in [0.717, 1.165) is 41.6 Å². The van der Waals surface area contributed by atoms with E-state index < -0.39 is 6.04 Å². The van der Waals surface area contributed by atoms with Crippen LogP contribution in [0.1, 0.15) is 53.2 Å². The molecule has 2 aliphatic carbocycles. The van der Waals surface area contributed by atoms with Gasteiger partial charge >= 0.3 is 0 Å². The molecule has 8 heteroatoms. The average Bonchev–Trinajstić information content (AvgIpc) is 3.48. The number of methoxy groups -OCH3 is 1. The first-order valence-electron chi connectivity index (χ1n) is 12.9. The minimum absolute atomic E-state index is 0.000348. The van der Waals surface area contributed by atoms with Crippen LogP contribution in [-0.4, -0.2) is 39.2 Å². The summed E-state index contributed by atoms with van der Waals surface area (Å²) in [4.78, 5) is 45.0. The molecule has 0 N–H and O–H groups in total. The molecule has 0 amide bonds. The molecule has 0 bridgehead atoms. The van der Waals surface area contributed by atoms with Gasteiger partial charge in [-0.2, -0.15) is 0 Å². The van der Waals surface area contributed by atoms with Gasteiger partial charge in [-0.3, -0.25) is 14.4 Å². The molecule has 0 saturated heterocycles. The number of hydrogen-bond donors (Lipinski definition) is 0. The molecular weight excluding hydrogens is 502 g/mol. The maximum absolute atomic E-state index is 13.6. The summed E-state index contributed by atoms with van der Waals surface area (Å²) in [6.45, 7) is 0.302. The van der Waals surface area contributed by atoms with E-state index in [0.29, 0.717) is 35.6 Å². The van der Waals surface area contributed by atoms with Crippen molar-refractivity contribution in [2.45, 2.75) is 44.6 Å². The lowest BCUT2D eigenvalue weighted by atomic mass is 9.81. The fourth-order valence-corrected chi connectivity index (χ4v) is 5.87. The van der Waals surface area contributed by atoms with Gasteiger partial charge in [0.25, 0.3) is 5.56 Å². The fraction of sp³-hybridized carbons (Fsp3) is 0.333. The SMILES string of the molecule is COCCC(C(=O)Cc1ccc2nccn2c1)n1cc2c(cc1=O)-c1cc(Cl)ccc1CC1(CC1)CC2=O. The average molecular weight is 530 g/mol. The second kappa shape index (κ2) is 9.64. The monoisotopic (exact) mass is 529 g/mol. The van der Waals surface area contributed by atoms with Gasteiger partial charge in [-0.15, -0.1) is 0 Å². The molecule has 38 heavy (non-hydrogen) atoms. The highest BCUT2D eigenvalue weighted by atomic mass is 35.5. The van der Waals surface area contributed by atoms with Crippen LogP contribution in [0.3, 0.4) is 0 Å². The van der Waals surface area contributed by atoms with Crippen molar-refractivity contribution in [2.75, 3.05) is 13.7 Å². The number of halogens is 1. The molecule has 7 nitrogen and oxygen atoms in total. The van der Waals surface area contributed by atoms with Crippen LogP contribution < -0.4 is 5.56 Å². The van der Waals surface area contributed by atoms with Crippen LogP contribution in [0.5, 0.6) is 0 Å². The number of carbonyl (C=O) groups excluding carboxylic acids is 2. The highest BCUT2D eigenvalue weighted by Gasteiger charge is 2.46. The summed E-state index contributed by atoms with van der Waals surface area (Å²) >= 11 is 6.35. The van der Waals surface area contributed by atoms with Gasteiger partial charge in [0.2, 0.25) is 0 Å². The molecule has 1 atom stereocenters. The number of fused-ring (bicyclic) bond motifs is 4. The maximum atomic E-state index is 13.6. The number of nitrogens with zero attached hydrogens (tertiary/aromatic N) is 3. The Kier molecular flexibility index (Phi) is 6.28. The van der Waals surface area contributed by atoms with Crippen LogP contribution >= 0.6 is 11.6 Å². The van der Waals surface area contributed by atoms with Gasteiger partial charge in [-0.25, -0.2) is 4.98 Å². The Hall–Kier alpha value is -3.55. The van der Waals surface area contributed by atoms with Gasteiger partial charge in [0, 0.05) is 68.0 Å². The first-order valence-corrected chi connectivity index (χ1v) is 13.3. The Labute approximate surface area is 225 Å². The molecule has 0 radical (unpaired) electrons. The zero-order chi connectivity index (χ0) is 26.4. The number of rotatable bonds is 7. The lowest BCUT2D eigenvalue weighted by Gasteiger charge is -2.25. The van der Waals surface area contributed by atoms with Gasteiger partial charge in [0.15, 0.2) is 11.6 Å². The van der Waals surface area contributed by atoms with Crippen LogP contribution in [0.2, 0.25) is 5.02 Å². The first-order chi connectivity index (χ1) is 18.4. The summed E-state index contributed by atoms with van der Waals surface area (Å²) in [6.07, 6.45) is 10.7. The van der Waals surface area contributed by atoms with E-state index in [1.807, 2.05) is 47.1 Å². The third-order valence-corrected chi connectivity index (χ3v) is 8.17. The van der Waals surface area contributed by atoms with Crippen LogP contribution in [0, 0.1) is 5.41 Å². The van der Waals surface area contributed by atoms with Gasteiger partial charge < -0.3 is 13.7 Å². The maximum Gasteiger partial charge on any atom is 0.251 e. The van der Waals surface area contributed by atoms with Crippen molar-refractivity contribution >= 4 is 28.8 Å². The van der Waals surface area contributed by atoms with E-state index in [-0.39, 0.29) is 29.0 Å². The topological polar surface area (TPSA) is 82.7 Å². The Morgan fingerprint density at radius 3 is 2.71 bits per heavy atom. The predicted molar refractivity (Wildman–Crippen MR) is 145 cm³/mol. The number of ether oxygens (including phenoxy) is 1. The van der Waals surface area contributed by atoms with Gasteiger partial charge in [-0.1, -0.05) is 23.7 Å². The molecular formula is C30H28ClN3O4. The van der Waals surface area contributed by atoms with Gasteiger partial charge in [0.05, 0.1) is 6.04 Å². The van der Waals surface area contributed by atoms with Crippen molar-refractivity contribution in [3.8, 4) is 11.1 Å². The molecule has 6 rings (SSSR count). The zero-order valence-electron chi connectivity index (χ0n) is 21.2. The highest BCUT2D eigenvalue weighted by molar-refractivity contribution is 6.31. The van der Waals surface area contributed by atoms with E-state index in [9.17, 15) is 14.4 Å². The largest absolute Gasteiger partial charge is 0.385 e. The summed E-state index contributed by atoms with van der Waals surface area (Å²) in [5.74, 6) is -0.121. The van der Waals surface area contributed by atoms with Gasteiger partial charge in [-0.05, 0) is 71.6 Å². The molecule has 1 saturated carbocycles. The van der Waals surface area contributed by atoms with E-state index in [2.05, 4.69) is 4.98 Å². The van der Waals surface area contributed by atoms with E-state index >= 15 is 0 Å². The standard InChI is InChI=1S/C30H28ClN3O4/c1-38-11-6-25(26(35)12-19-2-5-28-32-9-10-33(28)17-19)34-18-24-23(14-29(34)37)22-13-21(31)4-3-20(22)15-30(7-8-30)16-27(24)36/h2-5,9-10,13-14,17-18,25H,6-8,11-12,15-16H2,1H3. The number of benzene rings is 1. The van der Waals surface area contributed by atoms with Crippen molar-refractivity contribution in [1.29, 1.82) is 0 Å².